The van der Waals surface area contributed by atoms with E-state index in [9.17, 15) is 8.42 Å². The zero-order valence-corrected chi connectivity index (χ0v) is 15.3. The number of halogens is 2. The van der Waals surface area contributed by atoms with Gasteiger partial charge in [-0.05, 0) is 42.0 Å². The molecule has 0 amide bonds. The quantitative estimate of drug-likeness (QED) is 0.856. The average Bonchev–Trinajstić information content (AvgIpc) is 3.14. The van der Waals surface area contributed by atoms with Crippen LogP contribution in [-0.2, 0) is 14.6 Å². The molecule has 0 heterocycles. The highest BCUT2D eigenvalue weighted by Crippen LogP contribution is 2.56. The first-order valence-corrected chi connectivity index (χ1v) is 9.63. The van der Waals surface area contributed by atoms with Gasteiger partial charge in [0.15, 0.2) is 9.84 Å². The standard InChI is InChI=1S/C17H17Cl2NO3S/c1-23-10-17(20)15(11-3-2-4-13(19)9-11)16(17)24(21,22)14-7-5-12(18)6-8-14/h2-9,15-16H,10,20H2,1H3/t15-,16-,17+/m0/s1. The number of benzene rings is 2. The lowest BCUT2D eigenvalue weighted by atomic mass is 10.1. The smallest absolute Gasteiger partial charge is 0.183 e. The molecule has 2 aromatic rings. The van der Waals surface area contributed by atoms with Gasteiger partial charge in [-0.25, -0.2) is 8.42 Å². The van der Waals surface area contributed by atoms with Crippen LogP contribution in [0.25, 0.3) is 0 Å². The van der Waals surface area contributed by atoms with Gasteiger partial charge >= 0.3 is 0 Å². The van der Waals surface area contributed by atoms with E-state index >= 15 is 0 Å². The predicted molar refractivity (Wildman–Crippen MR) is 95.4 cm³/mol. The molecule has 1 saturated carbocycles. The summed E-state index contributed by atoms with van der Waals surface area (Å²) in [4.78, 5) is 0.201. The van der Waals surface area contributed by atoms with Crippen molar-refractivity contribution in [1.82, 2.24) is 0 Å². The fraction of sp³-hybridized carbons (Fsp3) is 0.294. The van der Waals surface area contributed by atoms with E-state index in [0.717, 1.165) is 5.56 Å². The highest BCUT2D eigenvalue weighted by atomic mass is 35.5. The van der Waals surface area contributed by atoms with Crippen molar-refractivity contribution in [3.63, 3.8) is 0 Å². The Morgan fingerprint density at radius 3 is 2.38 bits per heavy atom. The van der Waals surface area contributed by atoms with Gasteiger partial charge in [0.25, 0.3) is 0 Å². The molecule has 0 aromatic heterocycles. The van der Waals surface area contributed by atoms with Gasteiger partial charge in [-0.15, -0.1) is 0 Å². The molecule has 0 radical (unpaired) electrons. The van der Waals surface area contributed by atoms with Crippen LogP contribution in [-0.4, -0.2) is 32.9 Å². The largest absolute Gasteiger partial charge is 0.383 e. The van der Waals surface area contributed by atoms with Gasteiger partial charge in [-0.3, -0.25) is 0 Å². The Morgan fingerprint density at radius 1 is 1.12 bits per heavy atom. The van der Waals surface area contributed by atoms with Crippen LogP contribution in [0.5, 0.6) is 0 Å². The summed E-state index contributed by atoms with van der Waals surface area (Å²) in [5.41, 5.74) is 6.22. The van der Waals surface area contributed by atoms with Gasteiger partial charge in [0.2, 0.25) is 0 Å². The summed E-state index contributed by atoms with van der Waals surface area (Å²) in [6.07, 6.45) is 0. The molecule has 0 aliphatic heterocycles. The van der Waals surface area contributed by atoms with E-state index < -0.39 is 20.6 Å². The maximum absolute atomic E-state index is 13.1. The molecule has 1 aliphatic rings. The van der Waals surface area contributed by atoms with Crippen molar-refractivity contribution in [2.75, 3.05) is 13.7 Å². The van der Waals surface area contributed by atoms with Gasteiger partial charge in [0.1, 0.15) is 0 Å². The van der Waals surface area contributed by atoms with Gasteiger partial charge in [-0.2, -0.15) is 0 Å². The molecule has 1 aliphatic carbocycles. The fourth-order valence-electron chi connectivity index (χ4n) is 3.27. The lowest BCUT2D eigenvalue weighted by Crippen LogP contribution is -2.35. The zero-order chi connectivity index (χ0) is 17.5. The van der Waals surface area contributed by atoms with Gasteiger partial charge in [0.05, 0.1) is 22.3 Å². The summed E-state index contributed by atoms with van der Waals surface area (Å²) < 4.78 is 31.3. The highest BCUT2D eigenvalue weighted by molar-refractivity contribution is 7.92. The molecule has 7 heteroatoms. The molecule has 4 nitrogen and oxygen atoms in total. The van der Waals surface area contributed by atoms with Gasteiger partial charge < -0.3 is 10.5 Å². The normalized spacial score (nSPS) is 26.3. The van der Waals surface area contributed by atoms with E-state index in [2.05, 4.69) is 0 Å². The molecule has 0 unspecified atom stereocenters. The molecule has 2 aromatic carbocycles. The summed E-state index contributed by atoms with van der Waals surface area (Å²) in [6, 6.07) is 13.2. The Morgan fingerprint density at radius 2 is 1.79 bits per heavy atom. The molecule has 128 valence electrons. The Hall–Kier alpha value is -1.11. The van der Waals surface area contributed by atoms with E-state index in [1.54, 1.807) is 30.3 Å². The van der Waals surface area contributed by atoms with Crippen molar-refractivity contribution in [1.29, 1.82) is 0 Å². The van der Waals surface area contributed by atoms with Crippen LogP contribution in [0.4, 0.5) is 0 Å². The van der Waals surface area contributed by atoms with Crippen molar-refractivity contribution in [3.05, 3.63) is 64.1 Å². The number of rotatable bonds is 5. The van der Waals surface area contributed by atoms with Crippen LogP contribution < -0.4 is 5.73 Å². The first kappa shape index (κ1) is 17.7. The van der Waals surface area contributed by atoms with Crippen LogP contribution >= 0.6 is 23.2 Å². The highest BCUT2D eigenvalue weighted by Gasteiger charge is 2.69. The van der Waals surface area contributed by atoms with Crippen LogP contribution in [0, 0.1) is 0 Å². The van der Waals surface area contributed by atoms with Crippen LogP contribution in [0.1, 0.15) is 11.5 Å². The molecular weight excluding hydrogens is 369 g/mol. The maximum atomic E-state index is 13.1. The van der Waals surface area contributed by atoms with E-state index in [1.165, 1.54) is 19.2 Å². The lowest BCUT2D eigenvalue weighted by molar-refractivity contribution is 0.171. The van der Waals surface area contributed by atoms with Crippen LogP contribution in [0.3, 0.4) is 0 Å². The SMILES string of the molecule is COC[C@@]1(N)[C@@H](c2cccc(Cl)c2)[C@@H]1S(=O)(=O)c1ccc(Cl)cc1. The zero-order valence-electron chi connectivity index (χ0n) is 12.9. The molecule has 24 heavy (non-hydrogen) atoms. The molecule has 0 bridgehead atoms. The molecule has 3 atom stereocenters. The topological polar surface area (TPSA) is 69.4 Å². The van der Waals surface area contributed by atoms with E-state index in [4.69, 9.17) is 33.7 Å². The average molecular weight is 386 g/mol. The van der Waals surface area contributed by atoms with Crippen molar-refractivity contribution < 1.29 is 13.2 Å². The first-order chi connectivity index (χ1) is 11.3. The molecule has 0 saturated heterocycles. The number of ether oxygens (including phenoxy) is 1. The second-order valence-corrected chi connectivity index (χ2v) is 8.94. The van der Waals surface area contributed by atoms with E-state index in [1.807, 2.05) is 6.07 Å². The van der Waals surface area contributed by atoms with Crippen molar-refractivity contribution in [3.8, 4) is 0 Å². The molecule has 2 N–H and O–H groups in total. The summed E-state index contributed by atoms with van der Waals surface area (Å²) >= 11 is 11.9. The van der Waals surface area contributed by atoms with Crippen molar-refractivity contribution in [2.24, 2.45) is 5.73 Å². The van der Waals surface area contributed by atoms with Gasteiger partial charge in [0, 0.05) is 23.1 Å². The molecule has 0 spiro atoms. The molecular formula is C17H17Cl2NO3S. The second kappa shape index (κ2) is 6.32. The molecule has 3 rings (SSSR count). The van der Waals surface area contributed by atoms with Crippen molar-refractivity contribution >= 4 is 33.0 Å². The third-order valence-electron chi connectivity index (χ3n) is 4.38. The predicted octanol–water partition coefficient (Wildman–Crippen LogP) is 3.28. The Balaban J connectivity index is 2.03. The summed E-state index contributed by atoms with van der Waals surface area (Å²) in [5, 5.41) is 0.249. The number of nitrogens with two attached hydrogens (primary N) is 1. The lowest BCUT2D eigenvalue weighted by Gasteiger charge is -2.11. The fourth-order valence-corrected chi connectivity index (χ4v) is 5.88. The third-order valence-corrected chi connectivity index (χ3v) is 7.18. The first-order valence-electron chi connectivity index (χ1n) is 7.33. The number of hydrogen-bond acceptors (Lipinski definition) is 4. The molecule has 1 fully saturated rings. The minimum absolute atomic E-state index is 0.141. The summed E-state index contributed by atoms with van der Waals surface area (Å²) in [5.74, 6) is -0.378. The Kier molecular flexibility index (Phi) is 4.66. The van der Waals surface area contributed by atoms with Gasteiger partial charge in [-0.1, -0.05) is 35.3 Å². The Labute approximate surface area is 151 Å². The van der Waals surface area contributed by atoms with E-state index in [0.29, 0.717) is 10.0 Å². The summed E-state index contributed by atoms with van der Waals surface area (Å²) in [6.45, 7) is 0.141. The van der Waals surface area contributed by atoms with Crippen LogP contribution in [0.15, 0.2) is 53.4 Å². The minimum atomic E-state index is -3.63. The monoisotopic (exact) mass is 385 g/mol. The third kappa shape index (κ3) is 2.95. The Bertz CT molecular complexity index is 854. The second-order valence-electron chi connectivity index (χ2n) is 6.00. The van der Waals surface area contributed by atoms with Crippen LogP contribution in [0.2, 0.25) is 10.0 Å². The maximum Gasteiger partial charge on any atom is 0.183 e. The number of methoxy groups -OCH3 is 1. The number of hydrogen-bond donors (Lipinski definition) is 1. The minimum Gasteiger partial charge on any atom is -0.383 e. The van der Waals surface area contributed by atoms with E-state index in [-0.39, 0.29) is 17.4 Å². The summed E-state index contributed by atoms with van der Waals surface area (Å²) in [7, 11) is -2.12. The number of sulfone groups is 1. The van der Waals surface area contributed by atoms with Crippen molar-refractivity contribution in [2.45, 2.75) is 21.6 Å².